The number of aliphatic hydroxyl groups excluding tert-OH is 2. The zero-order valence-electron chi connectivity index (χ0n) is 20.8. The first-order chi connectivity index (χ1) is 19.2. The van der Waals surface area contributed by atoms with E-state index in [0.717, 1.165) is 17.3 Å². The first kappa shape index (κ1) is 28.6. The van der Waals surface area contributed by atoms with E-state index in [1.54, 1.807) is 54.6 Å². The molecule has 4 aromatic rings. The van der Waals surface area contributed by atoms with Crippen LogP contribution in [0.1, 0.15) is 34.6 Å². The molecule has 12 heteroatoms. The molecule has 0 aliphatic rings. The van der Waals surface area contributed by atoms with Crippen molar-refractivity contribution >= 4 is 17.6 Å². The number of nitrogen functional groups attached to an aromatic ring is 1. The van der Waals surface area contributed by atoms with Crippen molar-refractivity contribution in [2.75, 3.05) is 12.3 Å². The number of alkyl halides is 3. The SMILES string of the molecule is N#Cc1c(N)nc(SCc2nc(-c3ccccc3)oc2C(F)(F)F)c(C#N)c1-c1ccc(CC[C@H](O)CO)cc1. The molecule has 8 nitrogen and oxygen atoms in total. The zero-order chi connectivity index (χ0) is 28.9. The van der Waals surface area contributed by atoms with Crippen LogP contribution in [-0.2, 0) is 18.3 Å². The van der Waals surface area contributed by atoms with E-state index in [1.807, 2.05) is 12.1 Å². The number of pyridine rings is 1. The topological polar surface area (TPSA) is 153 Å². The first-order valence-electron chi connectivity index (χ1n) is 11.9. The van der Waals surface area contributed by atoms with Gasteiger partial charge in [0.15, 0.2) is 0 Å². The fraction of sp³-hybridized carbons (Fsp3) is 0.214. The second kappa shape index (κ2) is 12.2. The Balaban J connectivity index is 1.69. The summed E-state index contributed by atoms with van der Waals surface area (Å²) in [6.07, 6.45) is -4.81. The molecule has 1 atom stereocenters. The molecule has 0 unspecified atom stereocenters. The molecule has 0 saturated carbocycles. The van der Waals surface area contributed by atoms with Crippen LogP contribution in [0.3, 0.4) is 0 Å². The average Bonchev–Trinajstić information content (AvgIpc) is 3.40. The number of halogens is 3. The second-order valence-electron chi connectivity index (χ2n) is 8.67. The Bertz CT molecular complexity index is 1580. The van der Waals surface area contributed by atoms with E-state index in [-0.39, 0.29) is 51.5 Å². The van der Waals surface area contributed by atoms with Crippen molar-refractivity contribution in [3.8, 4) is 34.7 Å². The maximum atomic E-state index is 13.8. The molecule has 2 aromatic heterocycles. The third-order valence-electron chi connectivity index (χ3n) is 5.96. The number of rotatable bonds is 9. The highest BCUT2D eigenvalue weighted by Crippen LogP contribution is 2.40. The van der Waals surface area contributed by atoms with E-state index in [4.69, 9.17) is 15.3 Å². The highest BCUT2D eigenvalue weighted by molar-refractivity contribution is 7.98. The van der Waals surface area contributed by atoms with E-state index in [0.29, 0.717) is 24.0 Å². The van der Waals surface area contributed by atoms with Crippen molar-refractivity contribution in [3.63, 3.8) is 0 Å². The van der Waals surface area contributed by atoms with E-state index in [1.165, 1.54) is 0 Å². The number of benzene rings is 2. The van der Waals surface area contributed by atoms with Gasteiger partial charge in [0.2, 0.25) is 11.7 Å². The number of nitrogens with two attached hydrogens (primary N) is 1. The summed E-state index contributed by atoms with van der Waals surface area (Å²) in [5.41, 5.74) is 7.55. The fourth-order valence-electron chi connectivity index (χ4n) is 3.97. The summed E-state index contributed by atoms with van der Waals surface area (Å²) in [4.78, 5) is 8.22. The van der Waals surface area contributed by atoms with Crippen molar-refractivity contribution in [1.29, 1.82) is 10.5 Å². The van der Waals surface area contributed by atoms with Gasteiger partial charge in [0.05, 0.1) is 18.3 Å². The molecule has 2 aromatic carbocycles. The maximum Gasteiger partial charge on any atom is 0.451 e. The maximum absolute atomic E-state index is 13.8. The van der Waals surface area contributed by atoms with Crippen LogP contribution in [0.15, 0.2) is 64.0 Å². The van der Waals surface area contributed by atoms with Gasteiger partial charge in [0.25, 0.3) is 0 Å². The summed E-state index contributed by atoms with van der Waals surface area (Å²) in [6.45, 7) is -0.349. The lowest BCUT2D eigenvalue weighted by atomic mass is 9.95. The molecule has 0 radical (unpaired) electrons. The molecule has 0 saturated heterocycles. The van der Waals surface area contributed by atoms with Crippen LogP contribution < -0.4 is 5.73 Å². The number of hydrogen-bond acceptors (Lipinski definition) is 9. The quantitative estimate of drug-likeness (QED) is 0.229. The summed E-state index contributed by atoms with van der Waals surface area (Å²) >= 11 is 0.826. The number of aryl methyl sites for hydroxylation is 1. The highest BCUT2D eigenvalue weighted by atomic mass is 32.2. The van der Waals surface area contributed by atoms with Crippen LogP contribution in [0.5, 0.6) is 0 Å². The number of thioether (sulfide) groups is 1. The monoisotopic (exact) mass is 565 g/mol. The van der Waals surface area contributed by atoms with E-state index < -0.39 is 18.0 Å². The Kier molecular flexibility index (Phi) is 8.75. The Labute approximate surface area is 231 Å². The van der Waals surface area contributed by atoms with Crippen molar-refractivity contribution in [2.24, 2.45) is 0 Å². The summed E-state index contributed by atoms with van der Waals surface area (Å²) in [7, 11) is 0. The number of hydrogen-bond donors (Lipinski definition) is 3. The molecule has 4 N–H and O–H groups in total. The number of aliphatic hydroxyl groups is 2. The standard InChI is InChI=1S/C28H22F3N5O3S/c29-28(30,31)24-22(35-26(39-24)18-4-2-1-3-5-18)15-40-27-21(13-33)23(20(12-32)25(34)36-27)17-9-6-16(7-10-17)8-11-19(38)14-37/h1-7,9-10,19,37-38H,8,11,14-15H2,(H2,34,36)/t19-/m0/s1. The van der Waals surface area contributed by atoms with Gasteiger partial charge in [-0.1, -0.05) is 54.2 Å². The minimum Gasteiger partial charge on any atom is -0.431 e. The summed E-state index contributed by atoms with van der Waals surface area (Å²) in [5, 5.41) is 38.4. The molecule has 2 heterocycles. The summed E-state index contributed by atoms with van der Waals surface area (Å²) in [6, 6.07) is 19.0. The highest BCUT2D eigenvalue weighted by Gasteiger charge is 2.39. The third kappa shape index (κ3) is 6.26. The molecular formula is C28H22F3N5O3S. The van der Waals surface area contributed by atoms with Crippen LogP contribution in [0.4, 0.5) is 19.0 Å². The lowest BCUT2D eigenvalue weighted by Crippen LogP contribution is -2.12. The van der Waals surface area contributed by atoms with Crippen molar-refractivity contribution in [1.82, 2.24) is 9.97 Å². The van der Waals surface area contributed by atoms with Crippen LogP contribution >= 0.6 is 11.8 Å². The molecule has 0 aliphatic carbocycles. The van der Waals surface area contributed by atoms with Crippen molar-refractivity contribution < 1.29 is 27.8 Å². The van der Waals surface area contributed by atoms with Crippen LogP contribution in [0.2, 0.25) is 0 Å². The number of aromatic nitrogens is 2. The lowest BCUT2D eigenvalue weighted by molar-refractivity contribution is -0.153. The Morgan fingerprint density at radius 1 is 0.975 bits per heavy atom. The van der Waals surface area contributed by atoms with Gasteiger partial charge >= 0.3 is 6.18 Å². The largest absolute Gasteiger partial charge is 0.451 e. The van der Waals surface area contributed by atoms with Crippen LogP contribution in [0.25, 0.3) is 22.6 Å². The van der Waals surface area contributed by atoms with Gasteiger partial charge in [-0.05, 0) is 36.1 Å². The van der Waals surface area contributed by atoms with Crippen LogP contribution in [-0.4, -0.2) is 32.9 Å². The summed E-state index contributed by atoms with van der Waals surface area (Å²) < 4.78 is 46.4. The minimum absolute atomic E-state index is 0.0143. The number of anilines is 1. The molecule has 0 fully saturated rings. The van der Waals surface area contributed by atoms with E-state index in [2.05, 4.69) is 9.97 Å². The number of nitriles is 2. The molecule has 0 amide bonds. The molecule has 0 spiro atoms. The fourth-order valence-corrected chi connectivity index (χ4v) is 4.89. The number of oxazole rings is 1. The van der Waals surface area contributed by atoms with Gasteiger partial charge in [-0.3, -0.25) is 0 Å². The molecule has 0 aliphatic heterocycles. The van der Waals surface area contributed by atoms with Crippen LogP contribution in [0, 0.1) is 22.7 Å². The average molecular weight is 566 g/mol. The van der Waals surface area contributed by atoms with Gasteiger partial charge in [-0.25, -0.2) is 9.97 Å². The number of nitrogens with zero attached hydrogens (tertiary/aromatic N) is 4. The zero-order valence-corrected chi connectivity index (χ0v) is 21.6. The lowest BCUT2D eigenvalue weighted by Gasteiger charge is -2.14. The minimum atomic E-state index is -4.80. The molecule has 4 rings (SSSR count). The van der Waals surface area contributed by atoms with E-state index >= 15 is 0 Å². The second-order valence-corrected chi connectivity index (χ2v) is 9.63. The first-order valence-corrected chi connectivity index (χ1v) is 12.9. The third-order valence-corrected chi connectivity index (χ3v) is 6.94. The predicted octanol–water partition coefficient (Wildman–Crippen LogP) is 5.33. The van der Waals surface area contributed by atoms with Gasteiger partial charge in [-0.15, -0.1) is 0 Å². The molecule has 204 valence electrons. The smallest absolute Gasteiger partial charge is 0.431 e. The summed E-state index contributed by atoms with van der Waals surface area (Å²) in [5.74, 6) is -1.94. The van der Waals surface area contributed by atoms with E-state index in [9.17, 15) is 28.8 Å². The molecule has 40 heavy (non-hydrogen) atoms. The van der Waals surface area contributed by atoms with Gasteiger partial charge in [-0.2, -0.15) is 23.7 Å². The van der Waals surface area contributed by atoms with Gasteiger partial charge in [0, 0.05) is 16.9 Å². The van der Waals surface area contributed by atoms with Crippen molar-refractivity contribution in [2.45, 2.75) is 35.9 Å². The Morgan fingerprint density at radius 3 is 2.25 bits per heavy atom. The van der Waals surface area contributed by atoms with Gasteiger partial charge in [0.1, 0.15) is 34.2 Å². The predicted molar refractivity (Wildman–Crippen MR) is 141 cm³/mol. The Morgan fingerprint density at radius 2 is 1.65 bits per heavy atom. The normalized spacial score (nSPS) is 12.1. The van der Waals surface area contributed by atoms with Gasteiger partial charge < -0.3 is 20.4 Å². The van der Waals surface area contributed by atoms with Crippen molar-refractivity contribution in [3.05, 3.63) is 82.7 Å². The Hall–Kier alpha value is -4.36. The molecular weight excluding hydrogens is 543 g/mol. The molecule has 0 bridgehead atoms.